The lowest BCUT2D eigenvalue weighted by atomic mass is 10.2. The Morgan fingerprint density at radius 2 is 2.00 bits per heavy atom. The third kappa shape index (κ3) is 3.78. The molecule has 0 aliphatic heterocycles. The first-order valence-electron chi connectivity index (χ1n) is 5.92. The summed E-state index contributed by atoms with van der Waals surface area (Å²) in [7, 11) is 1.57. The number of rotatable bonds is 5. The van der Waals surface area contributed by atoms with Gasteiger partial charge in [-0.05, 0) is 35.9 Å². The van der Waals surface area contributed by atoms with Gasteiger partial charge in [0.1, 0.15) is 24.0 Å². The van der Waals surface area contributed by atoms with E-state index < -0.39 is 11.6 Å². The Bertz CT molecular complexity index is 615. The number of halogens is 2. The lowest BCUT2D eigenvalue weighted by Crippen LogP contribution is -1.94. The number of oxime groups is 1. The third-order valence-electron chi connectivity index (χ3n) is 2.60. The van der Waals surface area contributed by atoms with Crippen LogP contribution in [-0.4, -0.2) is 13.3 Å². The summed E-state index contributed by atoms with van der Waals surface area (Å²) in [5.41, 5.74) is 0.900. The molecule has 0 bridgehead atoms. The summed E-state index contributed by atoms with van der Waals surface area (Å²) in [4.78, 5) is 4.95. The highest BCUT2D eigenvalue weighted by molar-refractivity contribution is 5.79. The smallest absolute Gasteiger partial charge is 0.145 e. The molecular weight excluding hydrogens is 264 g/mol. The van der Waals surface area contributed by atoms with Crippen LogP contribution in [0.15, 0.2) is 47.6 Å². The predicted molar refractivity (Wildman–Crippen MR) is 71.7 cm³/mol. The molecule has 0 radical (unpaired) electrons. The van der Waals surface area contributed by atoms with E-state index in [0.717, 1.165) is 23.8 Å². The highest BCUT2D eigenvalue weighted by atomic mass is 19.1. The SMILES string of the molecule is COc1cccc(C=NOCc2cc(F)ccc2F)c1. The Kier molecular flexibility index (Phi) is 4.65. The van der Waals surface area contributed by atoms with Gasteiger partial charge in [0.15, 0.2) is 0 Å². The van der Waals surface area contributed by atoms with Crippen molar-refractivity contribution in [3.63, 3.8) is 0 Å². The van der Waals surface area contributed by atoms with Gasteiger partial charge in [-0.15, -0.1) is 0 Å². The molecule has 2 rings (SSSR count). The average molecular weight is 277 g/mol. The largest absolute Gasteiger partial charge is 0.497 e. The Morgan fingerprint density at radius 3 is 2.80 bits per heavy atom. The maximum atomic E-state index is 13.3. The zero-order valence-electron chi connectivity index (χ0n) is 10.8. The molecule has 0 heterocycles. The van der Waals surface area contributed by atoms with E-state index in [1.807, 2.05) is 12.1 Å². The van der Waals surface area contributed by atoms with Gasteiger partial charge in [-0.1, -0.05) is 17.3 Å². The summed E-state index contributed by atoms with van der Waals surface area (Å²) in [6.07, 6.45) is 1.47. The molecule has 0 amide bonds. The maximum absolute atomic E-state index is 13.3. The van der Waals surface area contributed by atoms with Crippen LogP contribution in [0.5, 0.6) is 5.75 Å². The molecule has 0 saturated heterocycles. The first-order valence-corrected chi connectivity index (χ1v) is 5.92. The first-order chi connectivity index (χ1) is 9.69. The number of hydrogen-bond donors (Lipinski definition) is 0. The van der Waals surface area contributed by atoms with E-state index in [1.165, 1.54) is 6.21 Å². The quantitative estimate of drug-likeness (QED) is 0.618. The van der Waals surface area contributed by atoms with Crippen LogP contribution in [0.2, 0.25) is 0 Å². The van der Waals surface area contributed by atoms with E-state index >= 15 is 0 Å². The summed E-state index contributed by atoms with van der Waals surface area (Å²) >= 11 is 0. The van der Waals surface area contributed by atoms with Crippen LogP contribution in [0.1, 0.15) is 11.1 Å². The number of hydrogen-bond acceptors (Lipinski definition) is 3. The second-order valence-corrected chi connectivity index (χ2v) is 4.02. The van der Waals surface area contributed by atoms with Crippen molar-refractivity contribution in [2.75, 3.05) is 7.11 Å². The normalized spacial score (nSPS) is 10.8. The van der Waals surface area contributed by atoms with Gasteiger partial charge in [-0.3, -0.25) is 0 Å². The van der Waals surface area contributed by atoms with Crippen molar-refractivity contribution < 1.29 is 18.4 Å². The van der Waals surface area contributed by atoms with Crippen LogP contribution < -0.4 is 4.74 Å². The minimum Gasteiger partial charge on any atom is -0.497 e. The van der Waals surface area contributed by atoms with Crippen molar-refractivity contribution in [3.8, 4) is 5.75 Å². The fraction of sp³-hybridized carbons (Fsp3) is 0.133. The third-order valence-corrected chi connectivity index (χ3v) is 2.60. The summed E-state index contributed by atoms with van der Waals surface area (Å²) in [5.74, 6) is -0.338. The molecule has 2 aromatic carbocycles. The van der Waals surface area contributed by atoms with Crippen molar-refractivity contribution in [2.24, 2.45) is 5.16 Å². The van der Waals surface area contributed by atoms with E-state index in [2.05, 4.69) is 5.16 Å². The Morgan fingerprint density at radius 1 is 1.15 bits per heavy atom. The second-order valence-electron chi connectivity index (χ2n) is 4.02. The second kappa shape index (κ2) is 6.65. The van der Waals surface area contributed by atoms with Gasteiger partial charge in [0.05, 0.1) is 13.3 Å². The molecule has 0 spiro atoms. The number of ether oxygens (including phenoxy) is 1. The molecule has 104 valence electrons. The summed E-state index contributed by atoms with van der Waals surface area (Å²) in [6, 6.07) is 10.4. The standard InChI is InChI=1S/C15H13F2NO2/c1-19-14-4-2-3-11(7-14)9-18-20-10-12-8-13(16)5-6-15(12)17/h2-9H,10H2,1H3. The first kappa shape index (κ1) is 14.0. The summed E-state index contributed by atoms with van der Waals surface area (Å²) < 4.78 is 31.3. The molecule has 0 aromatic heterocycles. The average Bonchev–Trinajstić information content (AvgIpc) is 2.47. The van der Waals surface area contributed by atoms with Crippen molar-refractivity contribution in [1.82, 2.24) is 0 Å². The van der Waals surface area contributed by atoms with E-state index in [0.29, 0.717) is 5.75 Å². The molecule has 0 aliphatic carbocycles. The molecule has 0 aliphatic rings. The zero-order chi connectivity index (χ0) is 14.4. The van der Waals surface area contributed by atoms with Gasteiger partial charge < -0.3 is 9.57 Å². The van der Waals surface area contributed by atoms with Gasteiger partial charge in [-0.25, -0.2) is 8.78 Å². The van der Waals surface area contributed by atoms with Gasteiger partial charge in [0, 0.05) is 5.56 Å². The molecule has 2 aromatic rings. The molecule has 0 unspecified atom stereocenters. The fourth-order valence-corrected chi connectivity index (χ4v) is 1.58. The predicted octanol–water partition coefficient (Wildman–Crippen LogP) is 3.52. The number of benzene rings is 2. The maximum Gasteiger partial charge on any atom is 0.145 e. The topological polar surface area (TPSA) is 30.8 Å². The number of methoxy groups -OCH3 is 1. The van der Waals surface area contributed by atoms with Gasteiger partial charge >= 0.3 is 0 Å². The van der Waals surface area contributed by atoms with Gasteiger partial charge in [0.2, 0.25) is 0 Å². The highest BCUT2D eigenvalue weighted by Crippen LogP contribution is 2.12. The molecule has 0 N–H and O–H groups in total. The van der Waals surface area contributed by atoms with Crippen LogP contribution >= 0.6 is 0 Å². The van der Waals surface area contributed by atoms with E-state index in [1.54, 1.807) is 19.2 Å². The molecule has 0 fully saturated rings. The van der Waals surface area contributed by atoms with Crippen molar-refractivity contribution in [1.29, 1.82) is 0 Å². The van der Waals surface area contributed by atoms with Crippen molar-refractivity contribution in [3.05, 3.63) is 65.2 Å². The Labute approximate surface area is 115 Å². The highest BCUT2D eigenvalue weighted by Gasteiger charge is 2.03. The molecular formula is C15H13F2NO2. The molecule has 0 saturated carbocycles. The molecule has 3 nitrogen and oxygen atoms in total. The van der Waals surface area contributed by atoms with E-state index in [-0.39, 0.29) is 12.2 Å². The minimum atomic E-state index is -0.525. The monoisotopic (exact) mass is 277 g/mol. The lowest BCUT2D eigenvalue weighted by molar-refractivity contribution is 0.129. The van der Waals surface area contributed by atoms with Crippen LogP contribution in [0.4, 0.5) is 8.78 Å². The van der Waals surface area contributed by atoms with Crippen LogP contribution in [0.3, 0.4) is 0 Å². The number of nitrogens with zero attached hydrogens (tertiary/aromatic N) is 1. The van der Waals surface area contributed by atoms with Crippen molar-refractivity contribution in [2.45, 2.75) is 6.61 Å². The van der Waals surface area contributed by atoms with Crippen LogP contribution in [0, 0.1) is 11.6 Å². The Hall–Kier alpha value is -2.43. The summed E-state index contributed by atoms with van der Waals surface area (Å²) in [5, 5.41) is 3.71. The molecule has 20 heavy (non-hydrogen) atoms. The summed E-state index contributed by atoms with van der Waals surface area (Å²) in [6.45, 7) is -0.135. The van der Waals surface area contributed by atoms with Crippen LogP contribution in [0.25, 0.3) is 0 Å². The van der Waals surface area contributed by atoms with E-state index in [4.69, 9.17) is 9.57 Å². The lowest BCUT2D eigenvalue weighted by Gasteiger charge is -2.02. The van der Waals surface area contributed by atoms with Gasteiger partial charge in [0.25, 0.3) is 0 Å². The zero-order valence-corrected chi connectivity index (χ0v) is 10.8. The van der Waals surface area contributed by atoms with Crippen LogP contribution in [-0.2, 0) is 11.4 Å². The molecule has 0 atom stereocenters. The Balaban J connectivity index is 1.95. The fourth-order valence-electron chi connectivity index (χ4n) is 1.58. The van der Waals surface area contributed by atoms with Crippen molar-refractivity contribution >= 4 is 6.21 Å². The molecule has 5 heteroatoms. The van der Waals surface area contributed by atoms with Gasteiger partial charge in [-0.2, -0.15) is 0 Å². The minimum absolute atomic E-state index is 0.118. The van der Waals surface area contributed by atoms with E-state index in [9.17, 15) is 8.78 Å².